The maximum absolute atomic E-state index is 13.0. The number of nitrogens with one attached hydrogen (secondary N) is 1. The molecule has 0 amide bonds. The molecule has 182 valence electrons. The molecule has 5 rings (SSSR count). The number of halogens is 3. The minimum absolute atomic E-state index is 0.239. The van der Waals surface area contributed by atoms with E-state index >= 15 is 0 Å². The van der Waals surface area contributed by atoms with E-state index in [9.17, 15) is 18.0 Å². The van der Waals surface area contributed by atoms with Gasteiger partial charge in [0.05, 0.1) is 29.9 Å². The van der Waals surface area contributed by atoms with Crippen LogP contribution in [-0.2, 0) is 24.4 Å². The first-order valence-corrected chi connectivity index (χ1v) is 10.9. The highest BCUT2D eigenvalue weighted by Crippen LogP contribution is 2.31. The summed E-state index contributed by atoms with van der Waals surface area (Å²) in [5.41, 5.74) is 3.91. The monoisotopic (exact) mass is 491 g/mol. The lowest BCUT2D eigenvalue weighted by atomic mass is 10.0. The number of benzene rings is 2. The number of aromatic nitrogens is 5. The Hall–Kier alpha value is -4.47. The lowest BCUT2D eigenvalue weighted by molar-refractivity contribution is -0.140. The van der Waals surface area contributed by atoms with Gasteiger partial charge >= 0.3 is 12.1 Å². The van der Waals surface area contributed by atoms with E-state index < -0.39 is 17.8 Å². The molecular formula is C26H20F3N5O2. The number of fused-ring (bicyclic) bond motifs is 1. The van der Waals surface area contributed by atoms with Crippen molar-refractivity contribution in [1.82, 2.24) is 24.5 Å². The molecule has 0 fully saturated rings. The van der Waals surface area contributed by atoms with E-state index in [1.54, 1.807) is 42.6 Å². The lowest BCUT2D eigenvalue weighted by Gasteiger charge is -2.07. The van der Waals surface area contributed by atoms with E-state index in [4.69, 9.17) is 9.72 Å². The number of aryl methyl sites for hydroxylation is 1. The van der Waals surface area contributed by atoms with Gasteiger partial charge in [0.2, 0.25) is 0 Å². The number of carbonyl (C=O) groups excluding carboxylic acids is 1. The molecule has 0 radical (unpaired) electrons. The van der Waals surface area contributed by atoms with Crippen molar-refractivity contribution in [3.8, 4) is 22.8 Å². The van der Waals surface area contributed by atoms with Crippen LogP contribution >= 0.6 is 0 Å². The second-order valence-electron chi connectivity index (χ2n) is 8.24. The molecule has 36 heavy (non-hydrogen) atoms. The average molecular weight is 491 g/mol. The number of aromatic amines is 1. The summed E-state index contributed by atoms with van der Waals surface area (Å²) in [4.78, 5) is 28.2. The molecule has 2 aromatic carbocycles. The van der Waals surface area contributed by atoms with Crippen LogP contribution in [0, 0.1) is 0 Å². The van der Waals surface area contributed by atoms with Gasteiger partial charge in [-0.25, -0.2) is 19.7 Å². The Balaban J connectivity index is 1.44. The van der Waals surface area contributed by atoms with Crippen molar-refractivity contribution in [3.63, 3.8) is 0 Å². The Bertz CT molecular complexity index is 1570. The van der Waals surface area contributed by atoms with E-state index in [0.717, 1.165) is 22.8 Å². The smallest absolute Gasteiger partial charge is 0.434 e. The number of alkyl halides is 3. The van der Waals surface area contributed by atoms with E-state index in [1.165, 1.54) is 18.7 Å². The SMILES string of the molecule is COC(=O)c1ccccc1-c1ncc2[nH]cc(Cc3ccc(-c4nc(C(F)(F)F)cn4C)cc3)c2n1. The van der Waals surface area contributed by atoms with Crippen LogP contribution in [0.25, 0.3) is 33.8 Å². The van der Waals surface area contributed by atoms with Gasteiger partial charge < -0.3 is 14.3 Å². The highest BCUT2D eigenvalue weighted by molar-refractivity contribution is 5.96. The zero-order chi connectivity index (χ0) is 25.4. The molecule has 0 unspecified atom stereocenters. The Labute approximate surface area is 203 Å². The molecule has 3 heterocycles. The molecule has 10 heteroatoms. The zero-order valence-electron chi connectivity index (χ0n) is 19.3. The third-order valence-electron chi connectivity index (χ3n) is 5.84. The van der Waals surface area contributed by atoms with E-state index in [2.05, 4.69) is 15.0 Å². The molecule has 0 aliphatic rings. The Kier molecular flexibility index (Phi) is 5.79. The second-order valence-corrected chi connectivity index (χ2v) is 8.24. The summed E-state index contributed by atoms with van der Waals surface area (Å²) < 4.78 is 45.3. The molecule has 0 bridgehead atoms. The van der Waals surface area contributed by atoms with Crippen molar-refractivity contribution < 1.29 is 22.7 Å². The Morgan fingerprint density at radius 1 is 1.08 bits per heavy atom. The maximum Gasteiger partial charge on any atom is 0.434 e. The van der Waals surface area contributed by atoms with Crippen LogP contribution in [0.5, 0.6) is 0 Å². The second kappa shape index (κ2) is 8.95. The van der Waals surface area contributed by atoms with Gasteiger partial charge in [-0.1, -0.05) is 42.5 Å². The van der Waals surface area contributed by atoms with Gasteiger partial charge in [0.25, 0.3) is 0 Å². The van der Waals surface area contributed by atoms with Crippen LogP contribution < -0.4 is 0 Å². The number of hydrogen-bond donors (Lipinski definition) is 1. The van der Waals surface area contributed by atoms with Crippen molar-refractivity contribution in [2.45, 2.75) is 12.6 Å². The number of carbonyl (C=O) groups is 1. The van der Waals surface area contributed by atoms with Gasteiger partial charge in [0, 0.05) is 42.6 Å². The van der Waals surface area contributed by atoms with Gasteiger partial charge in [-0.2, -0.15) is 13.2 Å². The fraction of sp³-hybridized carbons (Fsp3) is 0.154. The van der Waals surface area contributed by atoms with Crippen LogP contribution in [0.4, 0.5) is 13.2 Å². The summed E-state index contributed by atoms with van der Waals surface area (Å²) in [6, 6.07) is 14.2. The molecule has 0 saturated heterocycles. The summed E-state index contributed by atoms with van der Waals surface area (Å²) in [6.07, 6.45) is 0.521. The molecule has 0 saturated carbocycles. The molecule has 0 aliphatic carbocycles. The van der Waals surface area contributed by atoms with Gasteiger partial charge in [0.15, 0.2) is 11.5 Å². The van der Waals surface area contributed by atoms with Crippen LogP contribution in [0.15, 0.2) is 67.1 Å². The number of esters is 1. The van der Waals surface area contributed by atoms with Crippen LogP contribution in [0.1, 0.15) is 27.2 Å². The first kappa shape index (κ1) is 23.3. The molecule has 0 spiro atoms. The van der Waals surface area contributed by atoms with Gasteiger partial charge in [-0.05, 0) is 11.6 Å². The van der Waals surface area contributed by atoms with Gasteiger partial charge in [-0.3, -0.25) is 0 Å². The molecule has 7 nitrogen and oxygen atoms in total. The van der Waals surface area contributed by atoms with E-state index in [-0.39, 0.29) is 5.82 Å². The number of hydrogen-bond acceptors (Lipinski definition) is 5. The third-order valence-corrected chi connectivity index (χ3v) is 5.84. The maximum atomic E-state index is 13.0. The van der Waals surface area contributed by atoms with Crippen molar-refractivity contribution in [1.29, 1.82) is 0 Å². The fourth-order valence-electron chi connectivity index (χ4n) is 4.06. The van der Waals surface area contributed by atoms with E-state index in [0.29, 0.717) is 34.5 Å². The van der Waals surface area contributed by atoms with E-state index in [1.807, 2.05) is 18.3 Å². The lowest BCUT2D eigenvalue weighted by Crippen LogP contribution is -2.04. The quantitative estimate of drug-likeness (QED) is 0.332. The summed E-state index contributed by atoms with van der Waals surface area (Å²) in [6.45, 7) is 0. The summed E-state index contributed by atoms with van der Waals surface area (Å²) >= 11 is 0. The zero-order valence-corrected chi connectivity index (χ0v) is 19.3. The summed E-state index contributed by atoms with van der Waals surface area (Å²) in [7, 11) is 2.86. The predicted octanol–water partition coefficient (Wildman–Crippen LogP) is 5.42. The van der Waals surface area contributed by atoms with Gasteiger partial charge in [0.1, 0.15) is 5.82 Å². The number of rotatable bonds is 5. The Morgan fingerprint density at radius 2 is 1.83 bits per heavy atom. The predicted molar refractivity (Wildman–Crippen MR) is 127 cm³/mol. The number of methoxy groups -OCH3 is 1. The molecule has 0 atom stereocenters. The number of ether oxygens (including phenoxy) is 1. The highest BCUT2D eigenvalue weighted by atomic mass is 19.4. The molecule has 0 aliphatic heterocycles. The van der Waals surface area contributed by atoms with Crippen molar-refractivity contribution in [3.05, 3.63) is 89.5 Å². The summed E-state index contributed by atoms with van der Waals surface area (Å²) in [5, 5.41) is 0. The average Bonchev–Trinajstić information content (AvgIpc) is 3.47. The van der Waals surface area contributed by atoms with Crippen LogP contribution in [-0.4, -0.2) is 37.6 Å². The van der Waals surface area contributed by atoms with Gasteiger partial charge in [-0.15, -0.1) is 0 Å². The van der Waals surface area contributed by atoms with Crippen molar-refractivity contribution >= 4 is 17.0 Å². The third kappa shape index (κ3) is 4.33. The minimum atomic E-state index is -4.50. The normalized spacial score (nSPS) is 11.7. The minimum Gasteiger partial charge on any atom is -0.465 e. The molecule has 1 N–H and O–H groups in total. The van der Waals surface area contributed by atoms with Crippen molar-refractivity contribution in [2.24, 2.45) is 7.05 Å². The van der Waals surface area contributed by atoms with Crippen LogP contribution in [0.2, 0.25) is 0 Å². The topological polar surface area (TPSA) is 85.7 Å². The first-order chi connectivity index (χ1) is 17.2. The highest BCUT2D eigenvalue weighted by Gasteiger charge is 2.34. The molecule has 5 aromatic rings. The number of imidazole rings is 1. The first-order valence-electron chi connectivity index (χ1n) is 10.9. The number of nitrogens with zero attached hydrogens (tertiary/aromatic N) is 4. The number of H-pyrrole nitrogens is 1. The van der Waals surface area contributed by atoms with Crippen LogP contribution in [0.3, 0.4) is 0 Å². The largest absolute Gasteiger partial charge is 0.465 e. The Morgan fingerprint density at radius 3 is 2.53 bits per heavy atom. The standard InChI is InChI=1S/C26H20F3N5O2/c1-34-14-21(26(27,28)29)32-24(34)16-9-7-15(8-10-16)11-17-12-30-20-13-31-23(33-22(17)20)18-5-3-4-6-19(18)25(35)36-2/h3-10,12-14,30H,11H2,1-2H3. The molecule has 3 aromatic heterocycles. The molecular weight excluding hydrogens is 471 g/mol. The summed E-state index contributed by atoms with van der Waals surface area (Å²) in [5.74, 6) is 0.163. The van der Waals surface area contributed by atoms with Crippen molar-refractivity contribution in [2.75, 3.05) is 7.11 Å². The fourth-order valence-corrected chi connectivity index (χ4v) is 4.06.